The Bertz CT molecular complexity index is 964. The van der Waals surface area contributed by atoms with Gasteiger partial charge in [-0.3, -0.25) is 0 Å². The van der Waals surface area contributed by atoms with Gasteiger partial charge in [0.2, 0.25) is 0 Å². The molecule has 0 aromatic heterocycles. The van der Waals surface area contributed by atoms with Crippen molar-refractivity contribution in [1.29, 1.82) is 0 Å². The third kappa shape index (κ3) is 6.99. The lowest BCUT2D eigenvalue weighted by molar-refractivity contribution is 0.122. The van der Waals surface area contributed by atoms with Gasteiger partial charge in [0, 0.05) is 5.56 Å². The zero-order valence-electron chi connectivity index (χ0n) is 22.3. The number of halogens is 2. The van der Waals surface area contributed by atoms with Crippen LogP contribution in [0.4, 0.5) is 8.78 Å². The predicted octanol–water partition coefficient (Wildman–Crippen LogP) is 9.93. The summed E-state index contributed by atoms with van der Waals surface area (Å²) in [6.07, 6.45) is 19.4. The van der Waals surface area contributed by atoms with E-state index in [0.717, 1.165) is 36.5 Å². The summed E-state index contributed by atoms with van der Waals surface area (Å²) >= 11 is 0. The summed E-state index contributed by atoms with van der Waals surface area (Å²) in [5, 5.41) is 0. The Kier molecular flexibility index (Phi) is 10.0. The smallest absolute Gasteiger partial charge is 0.166 e. The first-order valence-electron chi connectivity index (χ1n) is 14.4. The summed E-state index contributed by atoms with van der Waals surface area (Å²) in [5.74, 6) is 2.76. The molecule has 0 radical (unpaired) electrons. The SMILES string of the molecule is C/C=C/CCC1CCC(C2CCC(COc3ccc(-c4ccc(CCC)c(F)c4F)cc3)CC2)CC1. The van der Waals surface area contributed by atoms with Crippen LogP contribution in [-0.2, 0) is 6.42 Å². The third-order valence-electron chi connectivity index (χ3n) is 8.76. The molecule has 2 aromatic rings. The zero-order chi connectivity index (χ0) is 25.3. The van der Waals surface area contributed by atoms with Crippen molar-refractivity contribution in [1.82, 2.24) is 0 Å². The van der Waals surface area contributed by atoms with Gasteiger partial charge in [-0.2, -0.15) is 0 Å². The van der Waals surface area contributed by atoms with Crippen LogP contribution >= 0.6 is 0 Å². The minimum Gasteiger partial charge on any atom is -0.493 e. The van der Waals surface area contributed by atoms with E-state index in [0.29, 0.717) is 29.0 Å². The van der Waals surface area contributed by atoms with Crippen LogP contribution in [0.2, 0.25) is 0 Å². The molecule has 0 unspecified atom stereocenters. The molecular formula is C33H44F2O. The van der Waals surface area contributed by atoms with Crippen LogP contribution in [-0.4, -0.2) is 6.61 Å². The van der Waals surface area contributed by atoms with Crippen molar-refractivity contribution >= 4 is 0 Å². The van der Waals surface area contributed by atoms with E-state index in [4.69, 9.17) is 4.74 Å². The summed E-state index contributed by atoms with van der Waals surface area (Å²) in [6, 6.07) is 10.8. The minimum absolute atomic E-state index is 0.309. The van der Waals surface area contributed by atoms with E-state index in [1.165, 1.54) is 64.2 Å². The Morgan fingerprint density at radius 3 is 2.06 bits per heavy atom. The van der Waals surface area contributed by atoms with E-state index >= 15 is 0 Å². The third-order valence-corrected chi connectivity index (χ3v) is 8.76. The number of rotatable bonds is 10. The molecule has 0 bridgehead atoms. The van der Waals surface area contributed by atoms with Crippen molar-refractivity contribution in [3.05, 3.63) is 65.7 Å². The van der Waals surface area contributed by atoms with Crippen LogP contribution < -0.4 is 4.74 Å². The van der Waals surface area contributed by atoms with Crippen molar-refractivity contribution in [3.63, 3.8) is 0 Å². The highest BCUT2D eigenvalue weighted by Gasteiger charge is 2.30. The molecule has 0 aliphatic heterocycles. The maximum absolute atomic E-state index is 14.6. The van der Waals surface area contributed by atoms with Crippen molar-refractivity contribution < 1.29 is 13.5 Å². The average Bonchev–Trinajstić information content (AvgIpc) is 2.92. The molecule has 3 heteroatoms. The molecule has 0 saturated heterocycles. The second kappa shape index (κ2) is 13.4. The summed E-state index contributed by atoms with van der Waals surface area (Å²) in [6.45, 7) is 4.83. The molecule has 0 amide bonds. The van der Waals surface area contributed by atoms with Crippen molar-refractivity contribution in [2.75, 3.05) is 6.61 Å². The molecule has 2 saturated carbocycles. The fourth-order valence-electron chi connectivity index (χ4n) is 6.49. The minimum atomic E-state index is -0.756. The van der Waals surface area contributed by atoms with E-state index < -0.39 is 11.6 Å². The van der Waals surface area contributed by atoms with Crippen LogP contribution in [0.5, 0.6) is 5.75 Å². The van der Waals surface area contributed by atoms with Gasteiger partial charge in [-0.25, -0.2) is 8.78 Å². The lowest BCUT2D eigenvalue weighted by Gasteiger charge is -2.37. The number of ether oxygens (including phenoxy) is 1. The molecule has 2 fully saturated rings. The number of hydrogen-bond acceptors (Lipinski definition) is 1. The maximum atomic E-state index is 14.6. The summed E-state index contributed by atoms with van der Waals surface area (Å²) in [5.41, 5.74) is 1.43. The summed E-state index contributed by atoms with van der Waals surface area (Å²) in [4.78, 5) is 0. The lowest BCUT2D eigenvalue weighted by Crippen LogP contribution is -2.27. The standard InChI is InChI=1S/C33H44F2O/c1-3-5-6-8-24-9-13-26(14-10-24)27-15-11-25(12-16-27)23-36-30-20-17-28(18-21-30)31-22-19-29(7-4-2)32(34)33(31)35/h3,5,17-22,24-27H,4,6-16,23H2,1-2H3/b5-3+. The van der Waals surface area contributed by atoms with E-state index in [1.807, 2.05) is 31.2 Å². The molecule has 196 valence electrons. The van der Waals surface area contributed by atoms with Gasteiger partial charge in [0.1, 0.15) is 5.75 Å². The Morgan fingerprint density at radius 1 is 0.806 bits per heavy atom. The first-order valence-corrected chi connectivity index (χ1v) is 14.4. The van der Waals surface area contributed by atoms with E-state index in [-0.39, 0.29) is 0 Å². The highest BCUT2D eigenvalue weighted by molar-refractivity contribution is 5.65. The van der Waals surface area contributed by atoms with Gasteiger partial charge in [0.05, 0.1) is 6.61 Å². The normalized spacial score (nSPS) is 24.8. The fraction of sp³-hybridized carbons (Fsp3) is 0.576. The monoisotopic (exact) mass is 494 g/mol. The van der Waals surface area contributed by atoms with Crippen LogP contribution in [0, 0.1) is 35.3 Å². The Balaban J connectivity index is 1.20. The second-order valence-corrected chi connectivity index (χ2v) is 11.2. The molecule has 2 aliphatic carbocycles. The number of hydrogen-bond donors (Lipinski definition) is 0. The van der Waals surface area contributed by atoms with Crippen molar-refractivity contribution in [3.8, 4) is 16.9 Å². The summed E-state index contributed by atoms with van der Waals surface area (Å²) in [7, 11) is 0. The Labute approximate surface area is 217 Å². The second-order valence-electron chi connectivity index (χ2n) is 11.2. The highest BCUT2D eigenvalue weighted by atomic mass is 19.2. The number of aryl methyl sites for hydroxylation is 1. The maximum Gasteiger partial charge on any atom is 0.166 e. The molecular weight excluding hydrogens is 450 g/mol. The van der Waals surface area contributed by atoms with Crippen LogP contribution in [0.15, 0.2) is 48.6 Å². The average molecular weight is 495 g/mol. The van der Waals surface area contributed by atoms with Crippen molar-refractivity contribution in [2.45, 2.75) is 90.9 Å². The van der Waals surface area contributed by atoms with Crippen molar-refractivity contribution in [2.24, 2.45) is 23.7 Å². The first kappa shape index (κ1) is 26.9. The Morgan fingerprint density at radius 2 is 1.44 bits per heavy atom. The van der Waals surface area contributed by atoms with Gasteiger partial charge in [-0.15, -0.1) is 0 Å². The topological polar surface area (TPSA) is 9.23 Å². The van der Waals surface area contributed by atoms with E-state index in [1.54, 1.807) is 12.1 Å². The number of allylic oxidation sites excluding steroid dienone is 2. The molecule has 4 rings (SSSR count). The van der Waals surface area contributed by atoms with Crippen LogP contribution in [0.1, 0.15) is 90.0 Å². The van der Waals surface area contributed by atoms with E-state index in [2.05, 4.69) is 19.1 Å². The molecule has 0 spiro atoms. The van der Waals surface area contributed by atoms with Gasteiger partial charge in [0.25, 0.3) is 0 Å². The summed E-state index contributed by atoms with van der Waals surface area (Å²) < 4.78 is 35.1. The van der Waals surface area contributed by atoms with Gasteiger partial charge < -0.3 is 4.74 Å². The van der Waals surface area contributed by atoms with Gasteiger partial charge >= 0.3 is 0 Å². The van der Waals surface area contributed by atoms with E-state index in [9.17, 15) is 8.78 Å². The molecule has 0 atom stereocenters. The molecule has 0 N–H and O–H groups in total. The predicted molar refractivity (Wildman–Crippen MR) is 146 cm³/mol. The zero-order valence-corrected chi connectivity index (χ0v) is 22.3. The van der Waals surface area contributed by atoms with Gasteiger partial charge in [0.15, 0.2) is 11.6 Å². The number of benzene rings is 2. The molecule has 36 heavy (non-hydrogen) atoms. The molecule has 0 heterocycles. The van der Waals surface area contributed by atoms with Crippen LogP contribution in [0.25, 0.3) is 11.1 Å². The fourth-order valence-corrected chi connectivity index (χ4v) is 6.49. The Hall–Kier alpha value is -2.16. The van der Waals surface area contributed by atoms with Gasteiger partial charge in [-0.05, 0) is 112 Å². The molecule has 2 aliphatic rings. The molecule has 1 nitrogen and oxygen atoms in total. The van der Waals surface area contributed by atoms with Crippen LogP contribution in [0.3, 0.4) is 0 Å². The highest BCUT2D eigenvalue weighted by Crippen LogP contribution is 2.42. The largest absolute Gasteiger partial charge is 0.493 e. The lowest BCUT2D eigenvalue weighted by atomic mass is 9.69. The van der Waals surface area contributed by atoms with Gasteiger partial charge in [-0.1, -0.05) is 62.6 Å². The quantitative estimate of drug-likeness (QED) is 0.299. The molecule has 2 aromatic carbocycles. The first-order chi connectivity index (χ1) is 17.6.